The number of piperidine rings is 1. The van der Waals surface area contributed by atoms with Crippen molar-refractivity contribution in [3.05, 3.63) is 28.0 Å². The fourth-order valence-electron chi connectivity index (χ4n) is 3.75. The predicted octanol–water partition coefficient (Wildman–Crippen LogP) is 2.68. The summed E-state index contributed by atoms with van der Waals surface area (Å²) in [7, 11) is 0. The van der Waals surface area contributed by atoms with Crippen LogP contribution in [0.1, 0.15) is 44.8 Å². The highest BCUT2D eigenvalue weighted by Crippen LogP contribution is 2.31. The Labute approximate surface area is 124 Å². The van der Waals surface area contributed by atoms with E-state index in [4.69, 9.17) is 4.42 Å². The molecule has 2 bridgehead atoms. The van der Waals surface area contributed by atoms with Gasteiger partial charge in [0.2, 0.25) is 0 Å². The monoisotopic (exact) mass is 293 g/mol. The van der Waals surface area contributed by atoms with Crippen LogP contribution in [0.4, 0.5) is 5.88 Å². The molecule has 1 aromatic heterocycles. The number of hydrogen-bond donors (Lipinski definition) is 1. The smallest absolute Gasteiger partial charge is 0.404 e. The van der Waals surface area contributed by atoms with Gasteiger partial charge in [-0.15, -0.1) is 0 Å². The molecular formula is C15H23N3O3. The molecule has 0 saturated carbocycles. The Bertz CT molecular complexity index is 490. The largest absolute Gasteiger partial charge is 0.433 e. The summed E-state index contributed by atoms with van der Waals surface area (Å²) < 4.78 is 5.33. The standard InChI is InChI=1S/C15H23N3O3/c1-2-7-17(10-14-5-6-15(21-14)18(19)20)13-8-11-3-4-12(9-13)16-11/h5-6,11-13,16H,2-4,7-10H2,1H3. The maximum atomic E-state index is 10.7. The van der Waals surface area contributed by atoms with Gasteiger partial charge in [-0.05, 0) is 44.7 Å². The van der Waals surface area contributed by atoms with E-state index in [1.54, 1.807) is 6.07 Å². The Balaban J connectivity index is 1.67. The summed E-state index contributed by atoms with van der Waals surface area (Å²) in [4.78, 5) is 12.7. The summed E-state index contributed by atoms with van der Waals surface area (Å²) in [6.45, 7) is 3.86. The molecule has 2 saturated heterocycles. The van der Waals surface area contributed by atoms with Gasteiger partial charge in [-0.2, -0.15) is 0 Å². The van der Waals surface area contributed by atoms with Crippen LogP contribution in [0, 0.1) is 10.1 Å². The third-order valence-electron chi connectivity index (χ3n) is 4.66. The average Bonchev–Trinajstić information content (AvgIpc) is 3.05. The number of nitrogens with one attached hydrogen (secondary N) is 1. The summed E-state index contributed by atoms with van der Waals surface area (Å²) in [5.41, 5.74) is 0. The zero-order chi connectivity index (χ0) is 14.8. The van der Waals surface area contributed by atoms with Gasteiger partial charge < -0.3 is 9.73 Å². The molecule has 0 spiro atoms. The van der Waals surface area contributed by atoms with E-state index in [9.17, 15) is 10.1 Å². The minimum absolute atomic E-state index is 0.160. The maximum Gasteiger partial charge on any atom is 0.433 e. The molecule has 0 aromatic carbocycles. The summed E-state index contributed by atoms with van der Waals surface area (Å²) in [6.07, 6.45) is 6.02. The first-order chi connectivity index (χ1) is 10.2. The molecule has 116 valence electrons. The fraction of sp³-hybridized carbons (Fsp3) is 0.733. The van der Waals surface area contributed by atoms with Crippen LogP contribution < -0.4 is 5.32 Å². The highest BCUT2D eigenvalue weighted by molar-refractivity contribution is 5.17. The second-order valence-corrected chi connectivity index (χ2v) is 6.23. The number of nitrogens with zero attached hydrogens (tertiary/aromatic N) is 2. The molecule has 2 atom stereocenters. The number of hydrogen-bond acceptors (Lipinski definition) is 5. The highest BCUT2D eigenvalue weighted by Gasteiger charge is 2.36. The minimum atomic E-state index is -0.474. The van der Waals surface area contributed by atoms with Crippen molar-refractivity contribution in [1.82, 2.24) is 10.2 Å². The normalized spacial score (nSPS) is 28.2. The number of rotatable bonds is 6. The number of furan rings is 1. The van der Waals surface area contributed by atoms with Gasteiger partial charge in [0, 0.05) is 18.1 Å². The zero-order valence-electron chi connectivity index (χ0n) is 12.5. The third kappa shape index (κ3) is 3.27. The molecule has 2 aliphatic heterocycles. The zero-order valence-corrected chi connectivity index (χ0v) is 12.5. The van der Waals surface area contributed by atoms with Crippen molar-refractivity contribution in [2.24, 2.45) is 0 Å². The lowest BCUT2D eigenvalue weighted by Crippen LogP contribution is -2.48. The molecule has 2 unspecified atom stereocenters. The second kappa shape index (κ2) is 6.15. The van der Waals surface area contributed by atoms with Gasteiger partial charge in [0.1, 0.15) is 10.7 Å². The van der Waals surface area contributed by atoms with Crippen molar-refractivity contribution >= 4 is 5.88 Å². The average molecular weight is 293 g/mol. The summed E-state index contributed by atoms with van der Waals surface area (Å²) >= 11 is 0. The van der Waals surface area contributed by atoms with E-state index in [-0.39, 0.29) is 5.88 Å². The van der Waals surface area contributed by atoms with Crippen molar-refractivity contribution in [2.75, 3.05) is 6.54 Å². The van der Waals surface area contributed by atoms with Gasteiger partial charge in [0.05, 0.1) is 12.6 Å². The van der Waals surface area contributed by atoms with Crippen LogP contribution in [0.3, 0.4) is 0 Å². The Hall–Kier alpha value is -1.40. The van der Waals surface area contributed by atoms with Gasteiger partial charge in [0.15, 0.2) is 0 Å². The van der Waals surface area contributed by atoms with E-state index in [1.165, 1.54) is 31.7 Å². The van der Waals surface area contributed by atoms with Crippen molar-refractivity contribution in [3.8, 4) is 0 Å². The van der Waals surface area contributed by atoms with Gasteiger partial charge in [-0.25, -0.2) is 0 Å². The quantitative estimate of drug-likeness (QED) is 0.645. The van der Waals surface area contributed by atoms with Crippen LogP contribution in [-0.2, 0) is 6.54 Å². The van der Waals surface area contributed by atoms with Crippen LogP contribution >= 0.6 is 0 Å². The molecule has 0 amide bonds. The lowest BCUT2D eigenvalue weighted by Gasteiger charge is -2.37. The molecule has 1 aromatic rings. The molecule has 0 radical (unpaired) electrons. The van der Waals surface area contributed by atoms with Crippen molar-refractivity contribution in [3.63, 3.8) is 0 Å². The Morgan fingerprint density at radius 1 is 1.38 bits per heavy atom. The molecule has 6 nitrogen and oxygen atoms in total. The molecule has 21 heavy (non-hydrogen) atoms. The van der Waals surface area contributed by atoms with E-state index < -0.39 is 4.92 Å². The molecule has 0 aliphatic carbocycles. The molecule has 1 N–H and O–H groups in total. The van der Waals surface area contributed by atoms with E-state index in [2.05, 4.69) is 17.1 Å². The highest BCUT2D eigenvalue weighted by atomic mass is 16.6. The summed E-state index contributed by atoms with van der Waals surface area (Å²) in [6, 6.07) is 5.05. The van der Waals surface area contributed by atoms with Crippen LogP contribution in [0.2, 0.25) is 0 Å². The van der Waals surface area contributed by atoms with E-state index >= 15 is 0 Å². The Morgan fingerprint density at radius 2 is 2.10 bits per heavy atom. The van der Waals surface area contributed by atoms with Gasteiger partial charge in [-0.1, -0.05) is 6.92 Å². The summed E-state index contributed by atoms with van der Waals surface area (Å²) in [5.74, 6) is 0.535. The van der Waals surface area contributed by atoms with E-state index in [0.717, 1.165) is 13.0 Å². The lowest BCUT2D eigenvalue weighted by atomic mass is 9.98. The van der Waals surface area contributed by atoms with Crippen molar-refractivity contribution in [1.29, 1.82) is 0 Å². The fourth-order valence-corrected chi connectivity index (χ4v) is 3.75. The minimum Gasteiger partial charge on any atom is -0.404 e. The molecule has 2 fully saturated rings. The number of fused-ring (bicyclic) bond motifs is 2. The first-order valence-electron chi connectivity index (χ1n) is 7.89. The van der Waals surface area contributed by atoms with Crippen LogP contribution in [0.25, 0.3) is 0 Å². The van der Waals surface area contributed by atoms with Gasteiger partial charge in [-0.3, -0.25) is 15.0 Å². The van der Waals surface area contributed by atoms with Crippen molar-refractivity contribution in [2.45, 2.75) is 63.7 Å². The Morgan fingerprint density at radius 3 is 2.67 bits per heavy atom. The van der Waals surface area contributed by atoms with Crippen LogP contribution in [0.15, 0.2) is 16.5 Å². The molecular weight excluding hydrogens is 270 g/mol. The SMILES string of the molecule is CCCN(Cc1ccc([N+](=O)[O-])o1)C1CC2CCC(C1)N2. The molecule has 2 aliphatic rings. The first kappa shape index (κ1) is 14.5. The lowest BCUT2D eigenvalue weighted by molar-refractivity contribution is -0.402. The predicted molar refractivity (Wildman–Crippen MR) is 79.0 cm³/mol. The van der Waals surface area contributed by atoms with Gasteiger partial charge in [0.25, 0.3) is 0 Å². The molecule has 6 heteroatoms. The number of nitro groups is 1. The summed E-state index contributed by atoms with van der Waals surface area (Å²) in [5, 5.41) is 14.4. The molecule has 3 rings (SSSR count). The van der Waals surface area contributed by atoms with E-state index in [0.29, 0.717) is 30.4 Å². The Kier molecular flexibility index (Phi) is 4.26. The van der Waals surface area contributed by atoms with E-state index in [1.807, 2.05) is 0 Å². The topological polar surface area (TPSA) is 71.5 Å². The van der Waals surface area contributed by atoms with Crippen molar-refractivity contribution < 1.29 is 9.34 Å². The first-order valence-corrected chi connectivity index (χ1v) is 7.89. The van der Waals surface area contributed by atoms with Crippen LogP contribution in [-0.4, -0.2) is 34.5 Å². The third-order valence-corrected chi connectivity index (χ3v) is 4.66. The van der Waals surface area contributed by atoms with Gasteiger partial charge >= 0.3 is 5.88 Å². The molecule has 3 heterocycles. The maximum absolute atomic E-state index is 10.7. The second-order valence-electron chi connectivity index (χ2n) is 6.23. The van der Waals surface area contributed by atoms with Crippen LogP contribution in [0.5, 0.6) is 0 Å².